The van der Waals surface area contributed by atoms with Crippen molar-refractivity contribution < 1.29 is 18.0 Å². The average Bonchev–Trinajstić information content (AvgIpc) is 2.67. The van der Waals surface area contributed by atoms with E-state index in [0.29, 0.717) is 44.0 Å². The summed E-state index contributed by atoms with van der Waals surface area (Å²) in [5, 5.41) is 2.94. The zero-order valence-corrected chi connectivity index (χ0v) is 17.3. The van der Waals surface area contributed by atoms with E-state index in [1.807, 2.05) is 7.05 Å². The lowest BCUT2D eigenvalue weighted by molar-refractivity contribution is -0.137. The third-order valence-corrected chi connectivity index (χ3v) is 5.20. The van der Waals surface area contributed by atoms with E-state index in [9.17, 15) is 18.0 Å². The number of halogens is 4. The number of amides is 1. The second-order valence-corrected chi connectivity index (χ2v) is 7.38. The van der Waals surface area contributed by atoms with Crippen molar-refractivity contribution in [1.29, 1.82) is 0 Å². The average molecular weight is 443 g/mol. The number of benzene rings is 1. The van der Waals surface area contributed by atoms with Crippen molar-refractivity contribution in [2.45, 2.75) is 19.5 Å². The van der Waals surface area contributed by atoms with Gasteiger partial charge in [0.05, 0.1) is 16.9 Å². The Morgan fingerprint density at radius 2 is 1.90 bits per heavy atom. The van der Waals surface area contributed by atoms with E-state index in [0.717, 1.165) is 6.07 Å². The molecule has 2 aromatic rings. The fourth-order valence-electron chi connectivity index (χ4n) is 3.23. The quantitative estimate of drug-likeness (QED) is 0.738. The van der Waals surface area contributed by atoms with Gasteiger partial charge in [0.1, 0.15) is 0 Å². The molecular formula is C19H22ClF3N6O. The number of nitrogens with two attached hydrogens (primary N) is 1. The standard InChI is InChI=1S/C19H22ClF3N6O/c1-3-13-16(20)27-18(15(26-13)17(24)30)25-11-4-5-12(19(21,22)23)14(10-11)29-8-6-28(2)7-9-29/h4-5,10H,3,6-9H2,1-2H3,(H2,24,30)(H,25,27). The van der Waals surface area contributed by atoms with Gasteiger partial charge >= 0.3 is 6.18 Å². The van der Waals surface area contributed by atoms with Gasteiger partial charge in [0.2, 0.25) is 0 Å². The number of hydrogen-bond acceptors (Lipinski definition) is 6. The second-order valence-electron chi connectivity index (χ2n) is 7.02. The number of aromatic nitrogens is 2. The maximum absolute atomic E-state index is 13.6. The Bertz CT molecular complexity index is 945. The normalized spacial score (nSPS) is 15.3. The van der Waals surface area contributed by atoms with Gasteiger partial charge in [0.25, 0.3) is 5.91 Å². The first-order valence-corrected chi connectivity index (χ1v) is 9.76. The fourth-order valence-corrected chi connectivity index (χ4v) is 3.49. The second kappa shape index (κ2) is 8.65. The van der Waals surface area contributed by atoms with Gasteiger partial charge in [-0.2, -0.15) is 13.2 Å². The molecule has 3 N–H and O–H groups in total. The zero-order valence-electron chi connectivity index (χ0n) is 16.6. The van der Waals surface area contributed by atoms with E-state index in [1.165, 1.54) is 12.1 Å². The van der Waals surface area contributed by atoms with Gasteiger partial charge in [-0.1, -0.05) is 18.5 Å². The lowest BCUT2D eigenvalue weighted by Gasteiger charge is -2.35. The summed E-state index contributed by atoms with van der Waals surface area (Å²) in [4.78, 5) is 23.8. The largest absolute Gasteiger partial charge is 0.418 e. The van der Waals surface area contributed by atoms with Crippen LogP contribution in [0.2, 0.25) is 5.15 Å². The molecule has 0 atom stereocenters. The topological polar surface area (TPSA) is 87.4 Å². The molecule has 1 amide bonds. The third-order valence-electron chi connectivity index (χ3n) is 4.90. The van der Waals surface area contributed by atoms with Gasteiger partial charge in [-0.3, -0.25) is 4.79 Å². The minimum atomic E-state index is -4.50. The van der Waals surface area contributed by atoms with Crippen molar-refractivity contribution in [3.8, 4) is 0 Å². The van der Waals surface area contributed by atoms with Crippen LogP contribution in [0.15, 0.2) is 18.2 Å². The number of carbonyl (C=O) groups is 1. The van der Waals surface area contributed by atoms with Gasteiger partial charge in [-0.15, -0.1) is 0 Å². The predicted molar refractivity (Wildman–Crippen MR) is 109 cm³/mol. The molecule has 7 nitrogen and oxygen atoms in total. The maximum Gasteiger partial charge on any atom is 0.418 e. The van der Waals surface area contributed by atoms with E-state index < -0.39 is 17.6 Å². The minimum absolute atomic E-state index is 0.00575. The summed E-state index contributed by atoms with van der Waals surface area (Å²) in [6.45, 7) is 4.03. The Morgan fingerprint density at radius 3 is 2.47 bits per heavy atom. The van der Waals surface area contributed by atoms with Crippen LogP contribution in [0.1, 0.15) is 28.7 Å². The van der Waals surface area contributed by atoms with Crippen LogP contribution in [-0.2, 0) is 12.6 Å². The number of hydrogen-bond donors (Lipinski definition) is 2. The molecule has 11 heteroatoms. The van der Waals surface area contributed by atoms with E-state index in [-0.39, 0.29) is 22.4 Å². The highest BCUT2D eigenvalue weighted by Gasteiger charge is 2.35. The van der Waals surface area contributed by atoms with Crippen LogP contribution in [0.5, 0.6) is 0 Å². The Hall–Kier alpha value is -2.59. The highest BCUT2D eigenvalue weighted by Crippen LogP contribution is 2.39. The van der Waals surface area contributed by atoms with E-state index in [2.05, 4.69) is 20.2 Å². The van der Waals surface area contributed by atoms with E-state index in [4.69, 9.17) is 17.3 Å². The Morgan fingerprint density at radius 1 is 1.23 bits per heavy atom. The number of nitrogens with one attached hydrogen (secondary N) is 1. The number of aryl methyl sites for hydroxylation is 1. The molecule has 0 bridgehead atoms. The first-order valence-electron chi connectivity index (χ1n) is 9.38. The summed E-state index contributed by atoms with van der Waals surface area (Å²) in [6.07, 6.45) is -4.05. The van der Waals surface area contributed by atoms with Crippen LogP contribution in [0, 0.1) is 0 Å². The van der Waals surface area contributed by atoms with Crippen molar-refractivity contribution in [2.24, 2.45) is 5.73 Å². The molecule has 0 spiro atoms. The number of anilines is 3. The Kier molecular flexibility index (Phi) is 6.37. The molecule has 30 heavy (non-hydrogen) atoms. The van der Waals surface area contributed by atoms with E-state index in [1.54, 1.807) is 11.8 Å². The molecule has 1 aliphatic rings. The van der Waals surface area contributed by atoms with Crippen molar-refractivity contribution in [1.82, 2.24) is 14.9 Å². The van der Waals surface area contributed by atoms with Gasteiger partial charge in [-0.25, -0.2) is 9.97 Å². The van der Waals surface area contributed by atoms with Crippen molar-refractivity contribution in [2.75, 3.05) is 43.4 Å². The molecule has 0 saturated carbocycles. The lowest BCUT2D eigenvalue weighted by Crippen LogP contribution is -2.45. The van der Waals surface area contributed by atoms with Crippen molar-refractivity contribution >= 4 is 34.7 Å². The van der Waals surface area contributed by atoms with Gasteiger partial charge in [0.15, 0.2) is 16.7 Å². The Balaban J connectivity index is 2.01. The first kappa shape index (κ1) is 22.1. The molecule has 2 heterocycles. The highest BCUT2D eigenvalue weighted by atomic mass is 35.5. The maximum atomic E-state index is 13.6. The molecule has 0 radical (unpaired) electrons. The van der Waals surface area contributed by atoms with Crippen LogP contribution in [0.3, 0.4) is 0 Å². The molecule has 1 aromatic heterocycles. The predicted octanol–water partition coefficient (Wildman–Crippen LogP) is 3.31. The molecule has 1 aliphatic heterocycles. The lowest BCUT2D eigenvalue weighted by atomic mass is 10.1. The molecule has 0 unspecified atom stereocenters. The van der Waals surface area contributed by atoms with Crippen LogP contribution in [0.4, 0.5) is 30.4 Å². The minimum Gasteiger partial charge on any atom is -0.368 e. The highest BCUT2D eigenvalue weighted by molar-refractivity contribution is 6.30. The number of carbonyl (C=O) groups excluding carboxylic acids is 1. The summed E-state index contributed by atoms with van der Waals surface area (Å²) in [5.74, 6) is -0.823. The zero-order chi connectivity index (χ0) is 22.1. The van der Waals surface area contributed by atoms with Crippen LogP contribution < -0.4 is 16.0 Å². The summed E-state index contributed by atoms with van der Waals surface area (Å²) in [5.41, 5.74) is 5.32. The molecule has 1 fully saturated rings. The number of alkyl halides is 3. The molecule has 1 saturated heterocycles. The molecule has 1 aromatic carbocycles. The van der Waals surface area contributed by atoms with Crippen LogP contribution in [0.25, 0.3) is 0 Å². The Labute approximate surface area is 177 Å². The van der Waals surface area contributed by atoms with Crippen molar-refractivity contribution in [3.05, 3.63) is 40.3 Å². The summed E-state index contributed by atoms with van der Waals surface area (Å²) in [6, 6.07) is 3.67. The molecule has 162 valence electrons. The van der Waals surface area contributed by atoms with Gasteiger partial charge in [0, 0.05) is 31.9 Å². The third kappa shape index (κ3) is 4.76. The molecule has 3 rings (SSSR count). The van der Waals surface area contributed by atoms with Crippen LogP contribution in [-0.4, -0.2) is 54.0 Å². The first-order chi connectivity index (χ1) is 14.1. The number of nitrogens with zero attached hydrogens (tertiary/aromatic N) is 4. The molecule has 0 aliphatic carbocycles. The molecular weight excluding hydrogens is 421 g/mol. The SMILES string of the molecule is CCc1nc(C(N)=O)c(Nc2ccc(C(F)(F)F)c(N3CCN(C)CC3)c2)nc1Cl. The number of piperazine rings is 1. The number of rotatable bonds is 5. The number of primary amides is 1. The van der Waals surface area contributed by atoms with Gasteiger partial charge < -0.3 is 20.9 Å². The van der Waals surface area contributed by atoms with Crippen molar-refractivity contribution in [3.63, 3.8) is 0 Å². The summed E-state index contributed by atoms with van der Waals surface area (Å²) < 4.78 is 40.8. The summed E-state index contributed by atoms with van der Waals surface area (Å²) in [7, 11) is 1.92. The smallest absolute Gasteiger partial charge is 0.368 e. The monoisotopic (exact) mass is 442 g/mol. The number of likely N-dealkylation sites (N-methyl/N-ethyl adjacent to an activating group) is 1. The van der Waals surface area contributed by atoms with Crippen LogP contribution >= 0.6 is 11.6 Å². The fraction of sp³-hybridized carbons (Fsp3) is 0.421. The summed E-state index contributed by atoms with van der Waals surface area (Å²) >= 11 is 6.10. The van der Waals surface area contributed by atoms with Gasteiger partial charge in [-0.05, 0) is 31.7 Å². The van der Waals surface area contributed by atoms with E-state index >= 15 is 0 Å².